The molecule has 2 aromatic rings. The third-order valence-electron chi connectivity index (χ3n) is 5.39. The molecule has 1 amide bonds. The molecule has 25 heavy (non-hydrogen) atoms. The van der Waals surface area contributed by atoms with E-state index in [0.29, 0.717) is 11.3 Å². The van der Waals surface area contributed by atoms with Gasteiger partial charge in [0, 0.05) is 42.6 Å². The van der Waals surface area contributed by atoms with Crippen LogP contribution in [0.15, 0.2) is 23.1 Å². The Morgan fingerprint density at radius 3 is 2.84 bits per heavy atom. The molecule has 2 aliphatic rings. The minimum absolute atomic E-state index is 0.363. The van der Waals surface area contributed by atoms with E-state index in [0.717, 1.165) is 48.4 Å². The van der Waals surface area contributed by atoms with Gasteiger partial charge in [-0.15, -0.1) is 0 Å². The number of anilines is 1. The number of imidazole rings is 1. The fraction of sp³-hybridized carbons (Fsp3) is 0.588. The highest BCUT2D eigenvalue weighted by molar-refractivity contribution is 9.10. The zero-order chi connectivity index (χ0) is 17.8. The second-order valence-electron chi connectivity index (χ2n) is 8.18. The van der Waals surface area contributed by atoms with Crippen LogP contribution in [0.2, 0.25) is 0 Å². The Morgan fingerprint density at radius 1 is 1.44 bits per heavy atom. The van der Waals surface area contributed by atoms with Crippen molar-refractivity contribution >= 4 is 33.6 Å². The molecule has 0 bridgehead atoms. The van der Waals surface area contributed by atoms with Gasteiger partial charge in [0.15, 0.2) is 5.65 Å². The smallest absolute Gasteiger partial charge is 0.405 e. The summed E-state index contributed by atoms with van der Waals surface area (Å²) in [6.45, 7) is 5.94. The molecule has 4 rings (SSSR count). The van der Waals surface area contributed by atoms with Crippen LogP contribution in [0.3, 0.4) is 0 Å². The second-order valence-corrected chi connectivity index (χ2v) is 9.03. The van der Waals surface area contributed by atoms with Crippen molar-refractivity contribution in [3.05, 3.63) is 23.1 Å². The minimum atomic E-state index is -0.945. The Balaban J connectivity index is 1.36. The van der Waals surface area contributed by atoms with E-state index in [4.69, 9.17) is 5.11 Å². The van der Waals surface area contributed by atoms with Gasteiger partial charge in [-0.25, -0.2) is 14.8 Å². The van der Waals surface area contributed by atoms with Crippen LogP contribution < -0.4 is 10.2 Å². The molecule has 0 atom stereocenters. The van der Waals surface area contributed by atoms with Crippen molar-refractivity contribution in [1.29, 1.82) is 0 Å². The summed E-state index contributed by atoms with van der Waals surface area (Å²) in [5, 5.41) is 11.5. The predicted octanol–water partition coefficient (Wildman–Crippen LogP) is 3.14. The van der Waals surface area contributed by atoms with Gasteiger partial charge >= 0.3 is 6.09 Å². The SMILES string of the molecule is CC(C)(CC1CC2(C1)CN(c1ncc(Br)c3nccn13)C2)NC(=O)O. The van der Waals surface area contributed by atoms with E-state index in [9.17, 15) is 4.79 Å². The Labute approximate surface area is 154 Å². The first-order valence-corrected chi connectivity index (χ1v) is 9.30. The summed E-state index contributed by atoms with van der Waals surface area (Å²) in [5.74, 6) is 1.53. The van der Waals surface area contributed by atoms with E-state index in [1.165, 1.54) is 0 Å². The molecule has 1 saturated carbocycles. The molecule has 134 valence electrons. The lowest BCUT2D eigenvalue weighted by molar-refractivity contribution is 0.00637. The first-order chi connectivity index (χ1) is 11.8. The summed E-state index contributed by atoms with van der Waals surface area (Å²) < 4.78 is 2.92. The summed E-state index contributed by atoms with van der Waals surface area (Å²) >= 11 is 3.49. The minimum Gasteiger partial charge on any atom is -0.465 e. The Bertz CT molecular complexity index is 820. The highest BCUT2D eigenvalue weighted by Gasteiger charge is 2.53. The second kappa shape index (κ2) is 5.59. The number of halogens is 1. The van der Waals surface area contributed by atoms with Crippen LogP contribution >= 0.6 is 15.9 Å². The highest BCUT2D eigenvalue weighted by atomic mass is 79.9. The number of amides is 1. The number of rotatable bonds is 4. The molecule has 8 heteroatoms. The summed E-state index contributed by atoms with van der Waals surface area (Å²) in [7, 11) is 0. The molecule has 7 nitrogen and oxygen atoms in total. The number of hydrogen-bond donors (Lipinski definition) is 2. The molecule has 2 fully saturated rings. The van der Waals surface area contributed by atoms with Gasteiger partial charge in [0.05, 0.1) is 4.47 Å². The van der Waals surface area contributed by atoms with Crippen molar-refractivity contribution in [2.45, 2.75) is 38.6 Å². The van der Waals surface area contributed by atoms with Crippen LogP contribution in [0.25, 0.3) is 5.65 Å². The van der Waals surface area contributed by atoms with Crippen LogP contribution in [0.5, 0.6) is 0 Å². The quantitative estimate of drug-likeness (QED) is 0.812. The van der Waals surface area contributed by atoms with E-state index < -0.39 is 6.09 Å². The van der Waals surface area contributed by atoms with Gasteiger partial charge in [-0.3, -0.25) is 4.40 Å². The van der Waals surface area contributed by atoms with Crippen LogP contribution in [0.1, 0.15) is 33.1 Å². The molecular formula is C17H22BrN5O2. The van der Waals surface area contributed by atoms with Crippen molar-refractivity contribution in [1.82, 2.24) is 19.7 Å². The molecule has 1 aliphatic heterocycles. The molecule has 0 aromatic carbocycles. The number of carboxylic acid groups (broad SMARTS) is 1. The zero-order valence-corrected chi connectivity index (χ0v) is 16.0. The number of carbonyl (C=O) groups is 1. The lowest BCUT2D eigenvalue weighted by Crippen LogP contribution is -2.63. The van der Waals surface area contributed by atoms with Gasteiger partial charge in [0.1, 0.15) is 0 Å². The van der Waals surface area contributed by atoms with Crippen molar-refractivity contribution in [3.63, 3.8) is 0 Å². The van der Waals surface area contributed by atoms with E-state index in [1.54, 1.807) is 6.20 Å². The predicted molar refractivity (Wildman–Crippen MR) is 97.9 cm³/mol. The first kappa shape index (κ1) is 16.6. The molecular weight excluding hydrogens is 386 g/mol. The average molecular weight is 408 g/mol. The Hall–Kier alpha value is -1.83. The lowest BCUT2D eigenvalue weighted by atomic mass is 9.56. The van der Waals surface area contributed by atoms with Crippen molar-refractivity contribution in [3.8, 4) is 0 Å². The number of nitrogens with one attached hydrogen (secondary N) is 1. The molecule has 1 saturated heterocycles. The fourth-order valence-corrected chi connectivity index (χ4v) is 5.04. The van der Waals surface area contributed by atoms with E-state index in [1.807, 2.05) is 30.6 Å². The standard InChI is InChI=1S/C17H22BrN5O2/c1-16(2,21-15(24)25)5-11-6-17(7-11)9-22(10-17)14-20-8-12(18)13-19-3-4-23(13)14/h3-4,8,11,21H,5-7,9-10H2,1-2H3,(H,24,25). The van der Waals surface area contributed by atoms with Gasteiger partial charge in [-0.05, 0) is 55.0 Å². The normalized spacial score (nSPS) is 19.7. The maximum absolute atomic E-state index is 10.9. The third-order valence-corrected chi connectivity index (χ3v) is 5.95. The molecule has 2 N–H and O–H groups in total. The molecule has 1 aliphatic carbocycles. The molecule has 0 radical (unpaired) electrons. The molecule has 1 spiro atoms. The van der Waals surface area contributed by atoms with Crippen LogP contribution in [-0.2, 0) is 0 Å². The van der Waals surface area contributed by atoms with Gasteiger partial charge in [0.2, 0.25) is 5.95 Å². The summed E-state index contributed by atoms with van der Waals surface area (Å²) in [6.07, 6.45) is 7.82. The Morgan fingerprint density at radius 2 is 2.16 bits per heavy atom. The highest BCUT2D eigenvalue weighted by Crippen LogP contribution is 2.54. The zero-order valence-electron chi connectivity index (χ0n) is 14.4. The van der Waals surface area contributed by atoms with Gasteiger partial charge in [-0.1, -0.05) is 0 Å². The van der Waals surface area contributed by atoms with Crippen molar-refractivity contribution in [2.75, 3.05) is 18.0 Å². The van der Waals surface area contributed by atoms with Gasteiger partial charge in [-0.2, -0.15) is 0 Å². The van der Waals surface area contributed by atoms with Crippen molar-refractivity contribution < 1.29 is 9.90 Å². The van der Waals surface area contributed by atoms with Crippen LogP contribution in [0.4, 0.5) is 10.7 Å². The van der Waals surface area contributed by atoms with Gasteiger partial charge in [0.25, 0.3) is 0 Å². The third kappa shape index (κ3) is 2.96. The fourth-order valence-electron chi connectivity index (χ4n) is 4.64. The first-order valence-electron chi connectivity index (χ1n) is 8.51. The van der Waals surface area contributed by atoms with Crippen LogP contribution in [0, 0.1) is 11.3 Å². The summed E-state index contributed by atoms with van der Waals surface area (Å²) in [6, 6.07) is 0. The van der Waals surface area contributed by atoms with Crippen molar-refractivity contribution in [2.24, 2.45) is 11.3 Å². The van der Waals surface area contributed by atoms with E-state index in [-0.39, 0.29) is 5.54 Å². The maximum Gasteiger partial charge on any atom is 0.405 e. The monoisotopic (exact) mass is 407 g/mol. The maximum atomic E-state index is 10.9. The van der Waals surface area contributed by atoms with E-state index >= 15 is 0 Å². The molecule has 0 unspecified atom stereocenters. The molecule has 3 heterocycles. The van der Waals surface area contributed by atoms with E-state index in [2.05, 4.69) is 36.1 Å². The number of hydrogen-bond acceptors (Lipinski definition) is 4. The Kier molecular flexibility index (Phi) is 3.72. The summed E-state index contributed by atoms with van der Waals surface area (Å²) in [4.78, 5) is 22.1. The topological polar surface area (TPSA) is 82.8 Å². The van der Waals surface area contributed by atoms with Crippen LogP contribution in [-0.4, -0.2) is 44.2 Å². The number of fused-ring (bicyclic) bond motifs is 1. The largest absolute Gasteiger partial charge is 0.465 e. The number of aromatic nitrogens is 3. The van der Waals surface area contributed by atoms with Gasteiger partial charge < -0.3 is 15.3 Å². The number of nitrogens with zero attached hydrogens (tertiary/aromatic N) is 4. The lowest BCUT2D eigenvalue weighted by Gasteiger charge is -2.60. The average Bonchev–Trinajstić information content (AvgIpc) is 2.90. The summed E-state index contributed by atoms with van der Waals surface area (Å²) in [5.41, 5.74) is 0.905. The molecule has 2 aromatic heterocycles.